The summed E-state index contributed by atoms with van der Waals surface area (Å²) in [6.07, 6.45) is 7.60. The predicted molar refractivity (Wildman–Crippen MR) is 94.7 cm³/mol. The summed E-state index contributed by atoms with van der Waals surface area (Å²) in [6.45, 7) is 3.52. The van der Waals surface area contributed by atoms with Crippen LogP contribution in [0, 0.1) is 6.92 Å². The maximum absolute atomic E-state index is 12.9. The molecule has 1 aliphatic rings. The number of aromatic nitrogens is 4. The molecular weight excluding hydrogens is 314 g/mol. The lowest BCUT2D eigenvalue weighted by molar-refractivity contribution is 0.0673. The highest BCUT2D eigenvalue weighted by Crippen LogP contribution is 2.22. The average Bonchev–Trinajstić information content (AvgIpc) is 3.33. The molecule has 0 radical (unpaired) electrons. The van der Waals surface area contributed by atoms with Crippen LogP contribution >= 0.6 is 0 Å². The van der Waals surface area contributed by atoms with Crippen molar-refractivity contribution in [3.63, 3.8) is 0 Å². The molecule has 4 rings (SSSR count). The van der Waals surface area contributed by atoms with E-state index in [2.05, 4.69) is 10.2 Å². The van der Waals surface area contributed by atoms with Crippen molar-refractivity contribution in [2.24, 2.45) is 0 Å². The molecule has 1 saturated heterocycles. The zero-order valence-electron chi connectivity index (χ0n) is 14.2. The molecular formula is C19H21N5O. The van der Waals surface area contributed by atoms with Gasteiger partial charge in [-0.25, -0.2) is 4.68 Å². The van der Waals surface area contributed by atoms with Gasteiger partial charge in [-0.05, 0) is 56.2 Å². The summed E-state index contributed by atoms with van der Waals surface area (Å²) < 4.78 is 3.83. The Morgan fingerprint density at radius 1 is 1.12 bits per heavy atom. The van der Waals surface area contributed by atoms with Gasteiger partial charge in [-0.2, -0.15) is 10.2 Å². The fourth-order valence-electron chi connectivity index (χ4n) is 3.42. The molecule has 1 atom stereocenters. The summed E-state index contributed by atoms with van der Waals surface area (Å²) in [6, 6.07) is 11.8. The van der Waals surface area contributed by atoms with Crippen molar-refractivity contribution in [2.75, 3.05) is 13.1 Å². The van der Waals surface area contributed by atoms with Gasteiger partial charge in [-0.1, -0.05) is 0 Å². The monoisotopic (exact) mass is 335 g/mol. The standard InChI is InChI=1S/C19H21N5O/c1-15-9-11-21-24(15)17-7-5-16(6-8-17)19(25)22-12-2-4-18(14-22)23-13-3-10-20-23/h3,5-11,13,18H,2,4,12,14H2,1H3/t18-/m1/s1. The van der Waals surface area contributed by atoms with Crippen molar-refractivity contribution >= 4 is 5.91 Å². The third-order valence-electron chi connectivity index (χ3n) is 4.77. The minimum atomic E-state index is 0.0839. The maximum Gasteiger partial charge on any atom is 0.253 e. The summed E-state index contributed by atoms with van der Waals surface area (Å²) in [5, 5.41) is 8.62. The van der Waals surface area contributed by atoms with E-state index in [-0.39, 0.29) is 11.9 Å². The first-order chi connectivity index (χ1) is 12.2. The Balaban J connectivity index is 1.50. The van der Waals surface area contributed by atoms with Crippen LogP contribution < -0.4 is 0 Å². The number of benzene rings is 1. The summed E-state index contributed by atoms with van der Waals surface area (Å²) in [4.78, 5) is 14.8. The van der Waals surface area contributed by atoms with Gasteiger partial charge in [-0.3, -0.25) is 9.48 Å². The third kappa shape index (κ3) is 3.07. The van der Waals surface area contributed by atoms with Gasteiger partial charge in [0.2, 0.25) is 0 Å². The van der Waals surface area contributed by atoms with Crippen LogP contribution in [0.5, 0.6) is 0 Å². The van der Waals surface area contributed by atoms with E-state index in [0.717, 1.165) is 36.3 Å². The average molecular weight is 335 g/mol. The molecule has 0 bridgehead atoms. The molecule has 1 aliphatic heterocycles. The molecule has 25 heavy (non-hydrogen) atoms. The SMILES string of the molecule is Cc1ccnn1-c1ccc(C(=O)N2CCC[C@@H](n3cccn3)C2)cc1. The topological polar surface area (TPSA) is 56.0 Å². The second-order valence-corrected chi connectivity index (χ2v) is 6.46. The second kappa shape index (κ2) is 6.55. The number of piperidine rings is 1. The number of carbonyl (C=O) groups is 1. The third-order valence-corrected chi connectivity index (χ3v) is 4.77. The molecule has 6 heteroatoms. The summed E-state index contributed by atoms with van der Waals surface area (Å²) >= 11 is 0. The number of likely N-dealkylation sites (tertiary alicyclic amines) is 1. The molecule has 1 aromatic carbocycles. The lowest BCUT2D eigenvalue weighted by Crippen LogP contribution is -2.40. The van der Waals surface area contributed by atoms with Crippen LogP contribution in [0.3, 0.4) is 0 Å². The number of aryl methyl sites for hydroxylation is 1. The van der Waals surface area contributed by atoms with Gasteiger partial charge in [0.15, 0.2) is 0 Å². The number of rotatable bonds is 3. The van der Waals surface area contributed by atoms with E-state index < -0.39 is 0 Å². The van der Waals surface area contributed by atoms with Gasteiger partial charge >= 0.3 is 0 Å². The first-order valence-corrected chi connectivity index (χ1v) is 8.62. The number of carbonyl (C=O) groups excluding carboxylic acids is 1. The number of amides is 1. The molecule has 3 aromatic rings. The maximum atomic E-state index is 12.9. The zero-order valence-corrected chi connectivity index (χ0v) is 14.2. The second-order valence-electron chi connectivity index (χ2n) is 6.46. The lowest BCUT2D eigenvalue weighted by atomic mass is 10.0. The molecule has 1 fully saturated rings. The van der Waals surface area contributed by atoms with Crippen LogP contribution in [-0.4, -0.2) is 43.5 Å². The number of hydrogen-bond donors (Lipinski definition) is 0. The Hall–Kier alpha value is -2.89. The van der Waals surface area contributed by atoms with Crippen molar-refractivity contribution in [1.82, 2.24) is 24.5 Å². The highest BCUT2D eigenvalue weighted by molar-refractivity contribution is 5.94. The Morgan fingerprint density at radius 3 is 2.64 bits per heavy atom. The van der Waals surface area contributed by atoms with E-state index in [1.54, 1.807) is 12.4 Å². The van der Waals surface area contributed by atoms with Gasteiger partial charge in [0.05, 0.1) is 11.7 Å². The van der Waals surface area contributed by atoms with E-state index in [0.29, 0.717) is 6.54 Å². The largest absolute Gasteiger partial charge is 0.337 e. The van der Waals surface area contributed by atoms with Crippen LogP contribution in [0.4, 0.5) is 0 Å². The van der Waals surface area contributed by atoms with Gasteiger partial charge in [-0.15, -0.1) is 0 Å². The Bertz CT molecular complexity index is 850. The van der Waals surface area contributed by atoms with Crippen LogP contribution in [-0.2, 0) is 0 Å². The predicted octanol–water partition coefficient (Wildman–Crippen LogP) is 2.85. The van der Waals surface area contributed by atoms with Crippen LogP contribution in [0.15, 0.2) is 55.0 Å². The lowest BCUT2D eigenvalue weighted by Gasteiger charge is -2.33. The van der Waals surface area contributed by atoms with Gasteiger partial charge in [0, 0.05) is 42.9 Å². The van der Waals surface area contributed by atoms with Crippen molar-refractivity contribution in [3.05, 3.63) is 66.2 Å². The van der Waals surface area contributed by atoms with Crippen LogP contribution in [0.1, 0.15) is 34.9 Å². The Morgan fingerprint density at radius 2 is 1.96 bits per heavy atom. The van der Waals surface area contributed by atoms with Crippen molar-refractivity contribution in [1.29, 1.82) is 0 Å². The van der Waals surface area contributed by atoms with Gasteiger partial charge < -0.3 is 4.90 Å². The van der Waals surface area contributed by atoms with Crippen molar-refractivity contribution in [3.8, 4) is 5.69 Å². The Labute approximate surface area is 146 Å². The molecule has 3 heterocycles. The normalized spacial score (nSPS) is 17.6. The van der Waals surface area contributed by atoms with Crippen molar-refractivity contribution < 1.29 is 4.79 Å². The highest BCUT2D eigenvalue weighted by Gasteiger charge is 2.25. The molecule has 1 amide bonds. The molecule has 0 aliphatic carbocycles. The van der Waals surface area contributed by atoms with E-state index in [9.17, 15) is 4.79 Å². The molecule has 128 valence electrons. The first kappa shape index (κ1) is 15.6. The van der Waals surface area contributed by atoms with E-state index in [1.807, 2.05) is 63.8 Å². The molecule has 0 spiro atoms. The fraction of sp³-hybridized carbons (Fsp3) is 0.316. The summed E-state index contributed by atoms with van der Waals surface area (Å²) in [7, 11) is 0. The zero-order chi connectivity index (χ0) is 17.2. The van der Waals surface area contributed by atoms with E-state index >= 15 is 0 Å². The van der Waals surface area contributed by atoms with Gasteiger partial charge in [0.1, 0.15) is 0 Å². The van der Waals surface area contributed by atoms with Crippen molar-refractivity contribution in [2.45, 2.75) is 25.8 Å². The van der Waals surface area contributed by atoms with Crippen LogP contribution in [0.2, 0.25) is 0 Å². The highest BCUT2D eigenvalue weighted by atomic mass is 16.2. The van der Waals surface area contributed by atoms with Gasteiger partial charge in [0.25, 0.3) is 5.91 Å². The Kier molecular flexibility index (Phi) is 4.09. The summed E-state index contributed by atoms with van der Waals surface area (Å²) in [5.74, 6) is 0.0839. The summed E-state index contributed by atoms with van der Waals surface area (Å²) in [5.41, 5.74) is 2.75. The molecule has 0 N–H and O–H groups in total. The van der Waals surface area contributed by atoms with Crippen LogP contribution in [0.25, 0.3) is 5.69 Å². The fourth-order valence-corrected chi connectivity index (χ4v) is 3.42. The minimum absolute atomic E-state index is 0.0839. The van der Waals surface area contributed by atoms with E-state index in [4.69, 9.17) is 0 Å². The smallest absolute Gasteiger partial charge is 0.253 e. The molecule has 2 aromatic heterocycles. The number of hydrogen-bond acceptors (Lipinski definition) is 3. The molecule has 6 nitrogen and oxygen atoms in total. The first-order valence-electron chi connectivity index (χ1n) is 8.62. The molecule has 0 saturated carbocycles. The molecule has 0 unspecified atom stereocenters. The minimum Gasteiger partial charge on any atom is -0.337 e. The number of nitrogens with zero attached hydrogens (tertiary/aromatic N) is 5. The quantitative estimate of drug-likeness (QED) is 0.739. The van der Waals surface area contributed by atoms with E-state index in [1.165, 1.54) is 0 Å².